The Labute approximate surface area is 204 Å². The molecule has 35 heavy (non-hydrogen) atoms. The molecule has 0 amide bonds. The fraction of sp³-hybridized carbons (Fsp3) is 0.308. The van der Waals surface area contributed by atoms with Gasteiger partial charge in [0.15, 0.2) is 0 Å². The maximum atomic E-state index is 12.4. The van der Waals surface area contributed by atoms with Gasteiger partial charge in [-0.25, -0.2) is 9.78 Å². The summed E-state index contributed by atoms with van der Waals surface area (Å²) in [5.41, 5.74) is 5.99. The zero-order valence-corrected chi connectivity index (χ0v) is 21.0. The van der Waals surface area contributed by atoms with Crippen LogP contribution < -0.4 is 10.6 Å². The largest absolute Gasteiger partial charge is 0.463 e. The van der Waals surface area contributed by atoms with E-state index < -0.39 is 5.97 Å². The van der Waals surface area contributed by atoms with E-state index in [4.69, 9.17) is 4.74 Å². The first-order valence-corrected chi connectivity index (χ1v) is 11.6. The third-order valence-electron chi connectivity index (χ3n) is 5.73. The van der Waals surface area contributed by atoms with Crippen LogP contribution in [0.15, 0.2) is 48.8 Å². The SMILES string of the molecule is CCOC(=O)/C=C(/Nc1c(C(C)C)nn(C)c1NC)c1ccc(-n2c(C)nc3cnccc32)cc1. The van der Waals surface area contributed by atoms with Gasteiger partial charge in [0, 0.05) is 32.1 Å². The Morgan fingerprint density at radius 2 is 1.94 bits per heavy atom. The number of pyridine rings is 1. The monoisotopic (exact) mass is 473 g/mol. The summed E-state index contributed by atoms with van der Waals surface area (Å²) in [5.74, 6) is 1.47. The average Bonchev–Trinajstić information content (AvgIpc) is 3.34. The van der Waals surface area contributed by atoms with E-state index >= 15 is 0 Å². The summed E-state index contributed by atoms with van der Waals surface area (Å²) in [7, 11) is 3.74. The molecule has 182 valence electrons. The van der Waals surface area contributed by atoms with Crippen LogP contribution in [0, 0.1) is 6.92 Å². The first-order chi connectivity index (χ1) is 16.8. The molecule has 4 rings (SSSR count). The summed E-state index contributed by atoms with van der Waals surface area (Å²) in [6.45, 7) is 8.23. The number of aryl methyl sites for hydroxylation is 2. The molecule has 1 aromatic carbocycles. The molecule has 0 aliphatic heterocycles. The van der Waals surface area contributed by atoms with Gasteiger partial charge in [0.2, 0.25) is 0 Å². The zero-order valence-electron chi connectivity index (χ0n) is 21.0. The number of esters is 1. The standard InChI is InChI=1S/C26H31N7O2/c1-7-35-23(34)14-20(30-25-24(16(2)3)31-32(6)26(25)27-5)18-8-10-19(11-9-18)33-17(4)29-21-15-28-13-12-22(21)33/h8-16,27,30H,7H2,1-6H3/b20-14+. The minimum atomic E-state index is -0.413. The Morgan fingerprint density at radius 1 is 1.20 bits per heavy atom. The van der Waals surface area contributed by atoms with E-state index in [1.54, 1.807) is 24.0 Å². The first-order valence-electron chi connectivity index (χ1n) is 11.6. The van der Waals surface area contributed by atoms with Gasteiger partial charge in [0.25, 0.3) is 0 Å². The highest BCUT2D eigenvalue weighted by molar-refractivity contribution is 5.96. The Bertz CT molecular complexity index is 1380. The minimum Gasteiger partial charge on any atom is -0.463 e. The maximum absolute atomic E-state index is 12.4. The van der Waals surface area contributed by atoms with Crippen LogP contribution in [0.4, 0.5) is 11.5 Å². The molecule has 0 saturated carbocycles. The molecule has 0 aliphatic rings. The van der Waals surface area contributed by atoms with Gasteiger partial charge in [-0.2, -0.15) is 5.10 Å². The number of carbonyl (C=O) groups is 1. The molecule has 0 unspecified atom stereocenters. The summed E-state index contributed by atoms with van der Waals surface area (Å²) in [6.07, 6.45) is 5.01. The fourth-order valence-electron chi connectivity index (χ4n) is 4.16. The van der Waals surface area contributed by atoms with Gasteiger partial charge in [0.1, 0.15) is 22.8 Å². The van der Waals surface area contributed by atoms with Crippen LogP contribution >= 0.6 is 0 Å². The highest BCUT2D eigenvalue weighted by atomic mass is 16.5. The van der Waals surface area contributed by atoms with Crippen molar-refractivity contribution in [2.24, 2.45) is 7.05 Å². The quantitative estimate of drug-likeness (QED) is 0.284. The molecular weight excluding hydrogens is 442 g/mol. The number of hydrogen-bond acceptors (Lipinski definition) is 7. The molecule has 0 spiro atoms. The molecule has 0 bridgehead atoms. The smallest absolute Gasteiger partial charge is 0.332 e. The predicted octanol–water partition coefficient (Wildman–Crippen LogP) is 4.64. The number of hydrogen-bond donors (Lipinski definition) is 2. The van der Waals surface area contributed by atoms with Crippen molar-refractivity contribution in [1.29, 1.82) is 0 Å². The first kappa shape index (κ1) is 24.0. The second-order valence-electron chi connectivity index (χ2n) is 8.48. The number of imidazole rings is 1. The number of ether oxygens (including phenoxy) is 1. The molecule has 9 heteroatoms. The number of carbonyl (C=O) groups excluding carboxylic acids is 1. The lowest BCUT2D eigenvalue weighted by Gasteiger charge is -2.16. The number of nitrogens with one attached hydrogen (secondary N) is 2. The minimum absolute atomic E-state index is 0.184. The van der Waals surface area contributed by atoms with Crippen LogP contribution in [0.1, 0.15) is 43.8 Å². The van der Waals surface area contributed by atoms with E-state index in [2.05, 4.69) is 44.1 Å². The lowest BCUT2D eigenvalue weighted by molar-refractivity contribution is -0.137. The fourth-order valence-corrected chi connectivity index (χ4v) is 4.16. The van der Waals surface area contributed by atoms with Crippen molar-refractivity contribution in [1.82, 2.24) is 24.3 Å². The highest BCUT2D eigenvalue weighted by Crippen LogP contribution is 2.33. The van der Waals surface area contributed by atoms with Crippen LogP contribution in [0.3, 0.4) is 0 Å². The number of rotatable bonds is 8. The molecule has 0 aliphatic carbocycles. The molecule has 2 N–H and O–H groups in total. The second kappa shape index (κ2) is 10.0. The molecule has 3 heterocycles. The summed E-state index contributed by atoms with van der Waals surface area (Å²) in [4.78, 5) is 21.2. The summed E-state index contributed by atoms with van der Waals surface area (Å²) < 4.78 is 9.09. The van der Waals surface area contributed by atoms with Gasteiger partial charge in [-0.1, -0.05) is 26.0 Å². The van der Waals surface area contributed by atoms with Crippen molar-refractivity contribution in [3.8, 4) is 5.69 Å². The Balaban J connectivity index is 1.76. The molecule has 4 aromatic rings. The molecule has 0 fully saturated rings. The van der Waals surface area contributed by atoms with E-state index in [1.807, 2.05) is 51.4 Å². The van der Waals surface area contributed by atoms with Gasteiger partial charge in [0.05, 0.1) is 29.7 Å². The van der Waals surface area contributed by atoms with Crippen LogP contribution in [-0.2, 0) is 16.6 Å². The molecule has 3 aromatic heterocycles. The zero-order chi connectivity index (χ0) is 25.1. The van der Waals surface area contributed by atoms with E-state index in [0.717, 1.165) is 45.3 Å². The molecule has 0 atom stereocenters. The summed E-state index contributed by atoms with van der Waals surface area (Å²) in [5, 5.41) is 11.3. The third kappa shape index (κ3) is 4.75. The number of fused-ring (bicyclic) bond motifs is 1. The van der Waals surface area contributed by atoms with Crippen molar-refractivity contribution < 1.29 is 9.53 Å². The average molecular weight is 474 g/mol. The van der Waals surface area contributed by atoms with Crippen LogP contribution in [0.5, 0.6) is 0 Å². The van der Waals surface area contributed by atoms with E-state index in [0.29, 0.717) is 12.3 Å². The Hall–Kier alpha value is -4.14. The predicted molar refractivity (Wildman–Crippen MR) is 139 cm³/mol. The van der Waals surface area contributed by atoms with Gasteiger partial charge in [-0.05, 0) is 43.5 Å². The number of nitrogens with zero attached hydrogens (tertiary/aromatic N) is 5. The van der Waals surface area contributed by atoms with Crippen molar-refractivity contribution >= 4 is 34.2 Å². The molecule has 0 saturated heterocycles. The molecule has 9 nitrogen and oxygen atoms in total. The lowest BCUT2D eigenvalue weighted by Crippen LogP contribution is -2.08. The number of anilines is 2. The van der Waals surface area contributed by atoms with Crippen LogP contribution in [0.25, 0.3) is 22.4 Å². The highest BCUT2D eigenvalue weighted by Gasteiger charge is 2.20. The summed E-state index contributed by atoms with van der Waals surface area (Å²) >= 11 is 0. The van der Waals surface area contributed by atoms with Gasteiger partial charge >= 0.3 is 5.97 Å². The van der Waals surface area contributed by atoms with E-state index in [1.165, 1.54) is 6.08 Å². The van der Waals surface area contributed by atoms with Gasteiger partial charge in [-0.15, -0.1) is 0 Å². The second-order valence-corrected chi connectivity index (χ2v) is 8.48. The van der Waals surface area contributed by atoms with Crippen molar-refractivity contribution in [3.05, 3.63) is 65.9 Å². The summed E-state index contributed by atoms with van der Waals surface area (Å²) in [6, 6.07) is 9.92. The third-order valence-corrected chi connectivity index (χ3v) is 5.73. The number of benzene rings is 1. The van der Waals surface area contributed by atoms with Gasteiger partial charge < -0.3 is 15.4 Å². The van der Waals surface area contributed by atoms with Crippen molar-refractivity contribution in [3.63, 3.8) is 0 Å². The van der Waals surface area contributed by atoms with Crippen LogP contribution in [-0.4, -0.2) is 43.9 Å². The number of aromatic nitrogens is 5. The molecule has 0 radical (unpaired) electrons. The Kier molecular flexibility index (Phi) is 6.86. The normalized spacial score (nSPS) is 11.8. The van der Waals surface area contributed by atoms with E-state index in [9.17, 15) is 4.79 Å². The van der Waals surface area contributed by atoms with E-state index in [-0.39, 0.29) is 5.92 Å². The van der Waals surface area contributed by atoms with Crippen molar-refractivity contribution in [2.45, 2.75) is 33.6 Å². The van der Waals surface area contributed by atoms with Crippen LogP contribution in [0.2, 0.25) is 0 Å². The van der Waals surface area contributed by atoms with Crippen molar-refractivity contribution in [2.75, 3.05) is 24.3 Å². The Morgan fingerprint density at radius 3 is 2.60 bits per heavy atom. The van der Waals surface area contributed by atoms with Gasteiger partial charge in [-0.3, -0.25) is 14.2 Å². The molecular formula is C26H31N7O2. The topological polar surface area (TPSA) is 98.9 Å². The lowest BCUT2D eigenvalue weighted by atomic mass is 10.1. The maximum Gasteiger partial charge on any atom is 0.332 e.